The number of hydrogen-bond donors (Lipinski definition) is 1. The predicted octanol–water partition coefficient (Wildman–Crippen LogP) is 1.70. The van der Waals surface area contributed by atoms with Crippen LogP contribution in [0.3, 0.4) is 0 Å². The summed E-state index contributed by atoms with van der Waals surface area (Å²) in [5.74, 6) is 0.170. The first-order valence-electron chi connectivity index (χ1n) is 5.84. The van der Waals surface area contributed by atoms with Crippen molar-refractivity contribution >= 4 is 5.78 Å². The lowest BCUT2D eigenvalue weighted by atomic mass is 10.1. The van der Waals surface area contributed by atoms with E-state index in [0.29, 0.717) is 18.9 Å². The predicted molar refractivity (Wildman–Crippen MR) is 64.2 cm³/mol. The minimum absolute atomic E-state index is 0.0142. The molecule has 2 N–H and O–H groups in total. The van der Waals surface area contributed by atoms with Crippen molar-refractivity contribution in [3.63, 3.8) is 0 Å². The molecule has 0 saturated carbocycles. The molecule has 1 aromatic heterocycles. The van der Waals surface area contributed by atoms with Gasteiger partial charge in [0.2, 0.25) is 0 Å². The van der Waals surface area contributed by atoms with Crippen molar-refractivity contribution in [2.24, 2.45) is 5.73 Å². The zero-order valence-electron chi connectivity index (χ0n) is 10.3. The molecule has 0 aliphatic rings. The molecule has 4 heteroatoms. The van der Waals surface area contributed by atoms with Gasteiger partial charge in [0.05, 0.1) is 12.1 Å². The van der Waals surface area contributed by atoms with Crippen LogP contribution in [0, 0.1) is 0 Å². The summed E-state index contributed by atoms with van der Waals surface area (Å²) in [6.07, 6.45) is 3.59. The monoisotopic (exact) mass is 223 g/mol. The molecule has 1 aromatic rings. The third-order valence-corrected chi connectivity index (χ3v) is 2.59. The summed E-state index contributed by atoms with van der Waals surface area (Å²) in [5, 5.41) is 4.34. The van der Waals surface area contributed by atoms with Crippen molar-refractivity contribution in [2.75, 3.05) is 0 Å². The normalized spacial score (nSPS) is 13.1. The number of rotatable bonds is 6. The Morgan fingerprint density at radius 2 is 2.25 bits per heavy atom. The number of hydrogen-bond acceptors (Lipinski definition) is 3. The lowest BCUT2D eigenvalue weighted by molar-refractivity contribution is -0.118. The second-order valence-electron chi connectivity index (χ2n) is 4.47. The molecule has 0 fully saturated rings. The van der Waals surface area contributed by atoms with Crippen molar-refractivity contribution in [1.82, 2.24) is 9.78 Å². The zero-order chi connectivity index (χ0) is 12.1. The van der Waals surface area contributed by atoms with E-state index >= 15 is 0 Å². The van der Waals surface area contributed by atoms with Gasteiger partial charge in [-0.3, -0.25) is 9.48 Å². The molecule has 0 aliphatic carbocycles. The molecule has 0 saturated heterocycles. The second kappa shape index (κ2) is 5.80. The average molecular weight is 223 g/mol. The highest BCUT2D eigenvalue weighted by atomic mass is 16.1. The molecule has 0 bridgehead atoms. The fourth-order valence-corrected chi connectivity index (χ4v) is 1.47. The molecule has 1 unspecified atom stereocenters. The van der Waals surface area contributed by atoms with Crippen LogP contribution in [-0.2, 0) is 11.2 Å². The number of nitrogens with zero attached hydrogens (tertiary/aromatic N) is 2. The standard InChI is InChI=1S/C12H21N3O/c1-4-10(13)7-12(16)8-11-5-6-15(14-11)9(2)3/h5-6,9-10H,4,7-8,13H2,1-3H3. The fraction of sp³-hybridized carbons (Fsp3) is 0.667. The van der Waals surface area contributed by atoms with Crippen molar-refractivity contribution in [1.29, 1.82) is 0 Å². The minimum atomic E-state index is -0.0142. The van der Waals surface area contributed by atoms with Gasteiger partial charge in [-0.2, -0.15) is 5.10 Å². The van der Waals surface area contributed by atoms with Crippen LogP contribution in [0.2, 0.25) is 0 Å². The molecule has 0 aromatic carbocycles. The summed E-state index contributed by atoms with van der Waals surface area (Å²) in [4.78, 5) is 11.6. The van der Waals surface area contributed by atoms with Crippen LogP contribution in [0.25, 0.3) is 0 Å². The molecule has 0 amide bonds. The largest absolute Gasteiger partial charge is 0.327 e. The van der Waals surface area contributed by atoms with E-state index in [0.717, 1.165) is 12.1 Å². The summed E-state index contributed by atoms with van der Waals surface area (Å²) >= 11 is 0. The smallest absolute Gasteiger partial charge is 0.140 e. The number of Topliss-reactive ketones (excluding diaryl/α,β-unsaturated/α-hetero) is 1. The van der Waals surface area contributed by atoms with Gasteiger partial charge in [0.25, 0.3) is 0 Å². The summed E-state index contributed by atoms with van der Waals surface area (Å²) in [6, 6.07) is 2.22. The van der Waals surface area contributed by atoms with Gasteiger partial charge in [-0.25, -0.2) is 0 Å². The number of ketones is 1. The average Bonchev–Trinajstić information content (AvgIpc) is 2.65. The van der Waals surface area contributed by atoms with Gasteiger partial charge >= 0.3 is 0 Å². The fourth-order valence-electron chi connectivity index (χ4n) is 1.47. The first-order chi connectivity index (χ1) is 7.52. The third kappa shape index (κ3) is 3.77. The van der Waals surface area contributed by atoms with Gasteiger partial charge in [0.1, 0.15) is 5.78 Å². The van der Waals surface area contributed by atoms with Gasteiger partial charge in [-0.1, -0.05) is 6.92 Å². The molecule has 0 spiro atoms. The zero-order valence-corrected chi connectivity index (χ0v) is 10.3. The van der Waals surface area contributed by atoms with Crippen LogP contribution >= 0.6 is 0 Å². The van der Waals surface area contributed by atoms with E-state index in [1.54, 1.807) is 0 Å². The number of carbonyl (C=O) groups is 1. The van der Waals surface area contributed by atoms with E-state index < -0.39 is 0 Å². The molecule has 0 radical (unpaired) electrons. The quantitative estimate of drug-likeness (QED) is 0.798. The lowest BCUT2D eigenvalue weighted by Crippen LogP contribution is -2.23. The Labute approximate surface area is 96.8 Å². The van der Waals surface area contributed by atoms with Gasteiger partial charge in [-0.05, 0) is 26.3 Å². The third-order valence-electron chi connectivity index (χ3n) is 2.59. The first kappa shape index (κ1) is 12.9. The van der Waals surface area contributed by atoms with Crippen LogP contribution in [-0.4, -0.2) is 21.6 Å². The molecule has 4 nitrogen and oxygen atoms in total. The lowest BCUT2D eigenvalue weighted by Gasteiger charge is -2.06. The Balaban J connectivity index is 2.50. The molecule has 1 atom stereocenters. The van der Waals surface area contributed by atoms with Gasteiger partial charge in [-0.15, -0.1) is 0 Å². The maximum absolute atomic E-state index is 11.6. The summed E-state index contributed by atoms with van der Waals surface area (Å²) in [6.45, 7) is 6.11. The first-order valence-corrected chi connectivity index (χ1v) is 5.84. The van der Waals surface area contributed by atoms with Gasteiger partial charge in [0.15, 0.2) is 0 Å². The van der Waals surface area contributed by atoms with Crippen LogP contribution in [0.15, 0.2) is 12.3 Å². The van der Waals surface area contributed by atoms with Crippen LogP contribution in [0.4, 0.5) is 0 Å². The Hall–Kier alpha value is -1.16. The highest BCUT2D eigenvalue weighted by Gasteiger charge is 2.10. The highest BCUT2D eigenvalue weighted by Crippen LogP contribution is 2.06. The maximum Gasteiger partial charge on any atom is 0.140 e. The number of aromatic nitrogens is 2. The second-order valence-corrected chi connectivity index (χ2v) is 4.47. The highest BCUT2D eigenvalue weighted by molar-refractivity contribution is 5.80. The number of carbonyl (C=O) groups excluding carboxylic acids is 1. The molecular weight excluding hydrogens is 202 g/mol. The molecule has 16 heavy (non-hydrogen) atoms. The van der Waals surface area contributed by atoms with Crippen LogP contribution < -0.4 is 5.73 Å². The SMILES string of the molecule is CCC(N)CC(=O)Cc1ccn(C(C)C)n1. The van der Waals surface area contributed by atoms with Crippen molar-refractivity contribution in [3.8, 4) is 0 Å². The van der Waals surface area contributed by atoms with E-state index in [9.17, 15) is 4.79 Å². The summed E-state index contributed by atoms with van der Waals surface area (Å²) in [5.41, 5.74) is 6.57. The Kier molecular flexibility index (Phi) is 4.68. The Bertz CT molecular complexity index is 344. The van der Waals surface area contributed by atoms with Gasteiger partial charge in [0, 0.05) is 24.7 Å². The molecule has 90 valence electrons. The Morgan fingerprint density at radius 1 is 1.56 bits per heavy atom. The van der Waals surface area contributed by atoms with Crippen LogP contribution in [0.5, 0.6) is 0 Å². The summed E-state index contributed by atoms with van der Waals surface area (Å²) < 4.78 is 1.86. The molecule has 1 heterocycles. The summed E-state index contributed by atoms with van der Waals surface area (Å²) in [7, 11) is 0. The number of nitrogens with two attached hydrogens (primary N) is 1. The molecular formula is C12H21N3O. The van der Waals surface area contributed by atoms with Crippen molar-refractivity contribution in [3.05, 3.63) is 18.0 Å². The molecule has 1 rings (SSSR count). The van der Waals surface area contributed by atoms with Crippen molar-refractivity contribution in [2.45, 2.75) is 52.1 Å². The van der Waals surface area contributed by atoms with E-state index in [4.69, 9.17) is 5.73 Å². The minimum Gasteiger partial charge on any atom is -0.327 e. The Morgan fingerprint density at radius 3 is 2.75 bits per heavy atom. The van der Waals surface area contributed by atoms with E-state index in [-0.39, 0.29) is 11.8 Å². The van der Waals surface area contributed by atoms with E-state index in [1.165, 1.54) is 0 Å². The van der Waals surface area contributed by atoms with Crippen molar-refractivity contribution < 1.29 is 4.79 Å². The van der Waals surface area contributed by atoms with E-state index in [1.807, 2.05) is 23.9 Å². The molecule has 0 aliphatic heterocycles. The topological polar surface area (TPSA) is 60.9 Å². The van der Waals surface area contributed by atoms with Gasteiger partial charge < -0.3 is 5.73 Å². The maximum atomic E-state index is 11.6. The van der Waals surface area contributed by atoms with E-state index in [2.05, 4.69) is 18.9 Å². The van der Waals surface area contributed by atoms with Crippen LogP contribution in [0.1, 0.15) is 45.3 Å².